The predicted octanol–water partition coefficient (Wildman–Crippen LogP) is 3.07. The molecule has 0 saturated carbocycles. The fraction of sp³-hybridized carbons (Fsp3) is 0.500. The Bertz CT molecular complexity index is 609. The largest absolute Gasteiger partial charge is 0.405 e. The molecule has 1 fully saturated rings. The molecule has 0 aromatic heterocycles. The summed E-state index contributed by atoms with van der Waals surface area (Å²) in [4.78, 5) is -1.33. The molecule has 0 N–H and O–H groups in total. The minimum Gasteiger partial charge on any atom is -0.207 e. The summed E-state index contributed by atoms with van der Waals surface area (Å²) in [5, 5.41) is 0. The van der Waals surface area contributed by atoms with Crippen molar-refractivity contribution in [2.75, 3.05) is 6.54 Å². The maximum Gasteiger partial charge on any atom is 0.405 e. The number of sulfonamides is 1. The second-order valence-corrected chi connectivity index (χ2v) is 6.55. The number of benzene rings is 1. The summed E-state index contributed by atoms with van der Waals surface area (Å²) in [6.07, 6.45) is -4.79. The molecule has 0 aliphatic carbocycles. The number of hydrogen-bond donors (Lipinski definition) is 0. The van der Waals surface area contributed by atoms with Gasteiger partial charge in [0.2, 0.25) is 10.0 Å². The van der Waals surface area contributed by atoms with Crippen molar-refractivity contribution in [3.63, 3.8) is 0 Å². The number of hydrogen-bond acceptors (Lipinski definition) is 2. The fourth-order valence-corrected chi connectivity index (χ4v) is 4.16. The Morgan fingerprint density at radius 2 is 1.67 bits per heavy atom. The number of rotatable bonds is 2. The lowest BCUT2D eigenvalue weighted by molar-refractivity contribution is -0.177. The smallest absolute Gasteiger partial charge is 0.207 e. The molecule has 0 amide bonds. The molecule has 0 radical (unpaired) electrons. The average molecular weight is 329 g/mol. The third-order valence-electron chi connectivity index (χ3n) is 3.32. The number of nitrogens with zero attached hydrogens (tertiary/aromatic N) is 1. The van der Waals surface area contributed by atoms with Crippen LogP contribution in [0.25, 0.3) is 0 Å². The fourth-order valence-electron chi connectivity index (χ4n) is 2.37. The van der Waals surface area contributed by atoms with Crippen molar-refractivity contribution in [2.45, 2.75) is 36.4 Å². The molecule has 1 aromatic rings. The van der Waals surface area contributed by atoms with Crippen LogP contribution in [-0.4, -0.2) is 31.5 Å². The van der Waals surface area contributed by atoms with E-state index < -0.39 is 51.7 Å². The van der Waals surface area contributed by atoms with Crippen molar-refractivity contribution in [2.24, 2.45) is 0 Å². The normalized spacial score (nSPS) is 21.5. The molecule has 1 aromatic carbocycles. The lowest BCUT2D eigenvalue weighted by Crippen LogP contribution is -2.51. The van der Waals surface area contributed by atoms with Crippen molar-refractivity contribution in [1.82, 2.24) is 4.31 Å². The molecule has 1 saturated heterocycles. The summed E-state index contributed by atoms with van der Waals surface area (Å²) in [7, 11) is -4.89. The van der Waals surface area contributed by atoms with Crippen LogP contribution in [0.1, 0.15) is 19.3 Å². The van der Waals surface area contributed by atoms with E-state index in [0.717, 1.165) is 6.07 Å². The first-order valence-corrected chi connectivity index (χ1v) is 7.62. The van der Waals surface area contributed by atoms with Crippen LogP contribution >= 0.6 is 0 Å². The van der Waals surface area contributed by atoms with E-state index in [9.17, 15) is 30.4 Å². The molecule has 1 unspecified atom stereocenters. The summed E-state index contributed by atoms with van der Waals surface area (Å²) < 4.78 is 90.6. The summed E-state index contributed by atoms with van der Waals surface area (Å²) in [6.45, 7) is -0.416. The summed E-state index contributed by atoms with van der Waals surface area (Å²) in [5.41, 5.74) is 0. The maximum absolute atomic E-state index is 13.6. The Hall–Kier alpha value is -1.22. The summed E-state index contributed by atoms with van der Waals surface area (Å²) in [5.74, 6) is -2.80. The zero-order valence-corrected chi connectivity index (χ0v) is 11.5. The van der Waals surface area contributed by atoms with Crippen molar-refractivity contribution in [3.8, 4) is 0 Å². The van der Waals surface area contributed by atoms with Crippen LogP contribution in [0, 0.1) is 11.6 Å². The highest BCUT2D eigenvalue weighted by atomic mass is 32.2. The van der Waals surface area contributed by atoms with Crippen LogP contribution in [0.5, 0.6) is 0 Å². The van der Waals surface area contributed by atoms with E-state index in [0.29, 0.717) is 12.1 Å². The molecule has 0 bridgehead atoms. The molecule has 1 aliphatic rings. The first-order valence-electron chi connectivity index (χ1n) is 6.18. The van der Waals surface area contributed by atoms with Gasteiger partial charge in [-0.15, -0.1) is 0 Å². The average Bonchev–Trinajstić information content (AvgIpc) is 2.37. The van der Waals surface area contributed by atoms with Gasteiger partial charge in [-0.05, 0) is 25.0 Å². The van der Waals surface area contributed by atoms with E-state index in [1.807, 2.05) is 0 Å². The van der Waals surface area contributed by atoms with Crippen molar-refractivity contribution >= 4 is 10.0 Å². The molecule has 3 nitrogen and oxygen atoms in total. The van der Waals surface area contributed by atoms with E-state index in [-0.39, 0.29) is 17.1 Å². The highest BCUT2D eigenvalue weighted by Crippen LogP contribution is 2.36. The Balaban J connectivity index is 2.51. The lowest BCUT2D eigenvalue weighted by Gasteiger charge is -2.35. The van der Waals surface area contributed by atoms with E-state index in [1.165, 1.54) is 0 Å². The summed E-state index contributed by atoms with van der Waals surface area (Å²) in [6, 6.07) is 0.0850. The minimum atomic E-state index is -4.89. The number of piperidine rings is 1. The van der Waals surface area contributed by atoms with Crippen LogP contribution in [0.15, 0.2) is 23.1 Å². The highest BCUT2D eigenvalue weighted by molar-refractivity contribution is 7.89. The Morgan fingerprint density at radius 1 is 1.10 bits per heavy atom. The van der Waals surface area contributed by atoms with Gasteiger partial charge in [0.15, 0.2) is 4.90 Å². The molecule has 2 rings (SSSR count). The van der Waals surface area contributed by atoms with Gasteiger partial charge in [-0.2, -0.15) is 17.5 Å². The van der Waals surface area contributed by atoms with Crippen LogP contribution in [-0.2, 0) is 10.0 Å². The van der Waals surface area contributed by atoms with E-state index in [2.05, 4.69) is 0 Å². The third-order valence-corrected chi connectivity index (χ3v) is 5.28. The molecule has 118 valence electrons. The topological polar surface area (TPSA) is 37.4 Å². The van der Waals surface area contributed by atoms with Crippen molar-refractivity contribution < 1.29 is 30.4 Å². The second-order valence-electron chi connectivity index (χ2n) is 4.72. The van der Waals surface area contributed by atoms with E-state index in [1.54, 1.807) is 0 Å². The summed E-state index contributed by atoms with van der Waals surface area (Å²) >= 11 is 0. The first-order chi connectivity index (χ1) is 9.65. The van der Waals surface area contributed by atoms with Crippen LogP contribution in [0.2, 0.25) is 0 Å². The molecule has 1 atom stereocenters. The van der Waals surface area contributed by atoms with Gasteiger partial charge < -0.3 is 0 Å². The monoisotopic (exact) mass is 329 g/mol. The van der Waals surface area contributed by atoms with Gasteiger partial charge in [0.25, 0.3) is 0 Å². The molecule has 1 heterocycles. The molecular formula is C12H12F5NO2S. The van der Waals surface area contributed by atoms with Gasteiger partial charge in [0, 0.05) is 6.54 Å². The zero-order valence-electron chi connectivity index (χ0n) is 10.7. The maximum atomic E-state index is 13.6. The molecule has 21 heavy (non-hydrogen) atoms. The van der Waals surface area contributed by atoms with Crippen molar-refractivity contribution in [3.05, 3.63) is 29.8 Å². The molecule has 0 spiro atoms. The van der Waals surface area contributed by atoms with Gasteiger partial charge in [-0.3, -0.25) is 0 Å². The standard InChI is InChI=1S/C12H12F5NO2S/c13-8-4-3-5-9(14)11(8)21(19,20)18-7-2-1-6-10(18)12(15,16)17/h3-5,10H,1-2,6-7H2. The molecule has 9 heteroatoms. The highest BCUT2D eigenvalue weighted by Gasteiger charge is 2.49. The van der Waals surface area contributed by atoms with Gasteiger partial charge in [0.1, 0.15) is 17.7 Å². The Morgan fingerprint density at radius 3 is 2.19 bits per heavy atom. The van der Waals surface area contributed by atoms with Crippen LogP contribution in [0.3, 0.4) is 0 Å². The SMILES string of the molecule is O=S(=O)(c1c(F)cccc1F)N1CCCCC1C(F)(F)F. The van der Waals surface area contributed by atoms with Crippen LogP contribution in [0.4, 0.5) is 22.0 Å². The predicted molar refractivity (Wildman–Crippen MR) is 63.9 cm³/mol. The number of alkyl halides is 3. The Kier molecular flexibility index (Phi) is 4.25. The van der Waals surface area contributed by atoms with E-state index in [4.69, 9.17) is 0 Å². The third kappa shape index (κ3) is 3.03. The van der Waals surface area contributed by atoms with Crippen LogP contribution < -0.4 is 0 Å². The quantitative estimate of drug-likeness (QED) is 0.782. The first kappa shape index (κ1) is 16.2. The van der Waals surface area contributed by atoms with Crippen molar-refractivity contribution in [1.29, 1.82) is 0 Å². The second kappa shape index (κ2) is 5.53. The zero-order chi connectivity index (χ0) is 15.8. The van der Waals surface area contributed by atoms with Gasteiger partial charge in [-0.1, -0.05) is 12.5 Å². The van der Waals surface area contributed by atoms with Gasteiger partial charge in [-0.25, -0.2) is 17.2 Å². The Labute approximate surface area is 118 Å². The molecular weight excluding hydrogens is 317 g/mol. The number of halogens is 5. The van der Waals surface area contributed by atoms with E-state index >= 15 is 0 Å². The lowest BCUT2D eigenvalue weighted by atomic mass is 10.0. The minimum absolute atomic E-state index is 0.151. The van der Waals surface area contributed by atoms with Gasteiger partial charge in [0.05, 0.1) is 0 Å². The van der Waals surface area contributed by atoms with Gasteiger partial charge >= 0.3 is 6.18 Å². The molecule has 1 aliphatic heterocycles.